The molecule has 2 N–H and O–H groups in total. The van der Waals surface area contributed by atoms with E-state index in [1.807, 2.05) is 16.7 Å². The lowest BCUT2D eigenvalue weighted by molar-refractivity contribution is -0.121. The molecule has 0 spiro atoms. The highest BCUT2D eigenvalue weighted by atomic mass is 16.1. The highest BCUT2D eigenvalue weighted by Crippen LogP contribution is 2.29. The molecule has 140 valence electrons. The van der Waals surface area contributed by atoms with E-state index >= 15 is 0 Å². The number of anilines is 1. The van der Waals surface area contributed by atoms with Crippen molar-refractivity contribution in [3.63, 3.8) is 0 Å². The number of carbonyl (C=O) groups is 1. The second-order valence-corrected chi connectivity index (χ2v) is 7.21. The summed E-state index contributed by atoms with van der Waals surface area (Å²) in [6.07, 6.45) is 10.5. The number of carbonyl (C=O) groups excluding carboxylic acids is 1. The van der Waals surface area contributed by atoms with Crippen LogP contribution in [0.15, 0.2) is 42.9 Å². The van der Waals surface area contributed by atoms with Gasteiger partial charge in [0.2, 0.25) is 5.91 Å². The van der Waals surface area contributed by atoms with Gasteiger partial charge in [0.25, 0.3) is 0 Å². The van der Waals surface area contributed by atoms with Crippen LogP contribution in [-0.4, -0.2) is 32.9 Å². The molecule has 4 rings (SSSR count). The number of aromatic nitrogens is 3. The van der Waals surface area contributed by atoms with Crippen LogP contribution >= 0.6 is 0 Å². The van der Waals surface area contributed by atoms with Gasteiger partial charge in [-0.3, -0.25) is 14.2 Å². The van der Waals surface area contributed by atoms with Crippen molar-refractivity contribution in [3.8, 4) is 11.3 Å². The molecule has 6 heteroatoms. The second-order valence-electron chi connectivity index (χ2n) is 7.21. The molecule has 1 aromatic carbocycles. The number of rotatable bonds is 6. The van der Waals surface area contributed by atoms with Crippen molar-refractivity contribution in [2.75, 3.05) is 11.9 Å². The van der Waals surface area contributed by atoms with E-state index in [2.05, 4.69) is 40.7 Å². The Labute approximate surface area is 159 Å². The van der Waals surface area contributed by atoms with Crippen LogP contribution < -0.4 is 10.6 Å². The van der Waals surface area contributed by atoms with Crippen LogP contribution in [0.1, 0.15) is 37.7 Å². The fourth-order valence-electron chi connectivity index (χ4n) is 3.73. The summed E-state index contributed by atoms with van der Waals surface area (Å²) < 4.78 is 1.99. The summed E-state index contributed by atoms with van der Waals surface area (Å²) in [5.74, 6) is 1.01. The number of hydrogen-bond acceptors (Lipinski definition) is 4. The number of amides is 1. The Hall–Kier alpha value is -2.89. The van der Waals surface area contributed by atoms with Gasteiger partial charge < -0.3 is 10.6 Å². The Bertz CT molecular complexity index is 943. The molecule has 1 saturated carbocycles. The first-order valence-corrected chi connectivity index (χ1v) is 9.63. The number of fused-ring (bicyclic) bond motifs is 1. The van der Waals surface area contributed by atoms with E-state index in [-0.39, 0.29) is 5.91 Å². The van der Waals surface area contributed by atoms with E-state index < -0.39 is 0 Å². The minimum atomic E-state index is 0.113. The molecule has 6 nitrogen and oxygen atoms in total. The van der Waals surface area contributed by atoms with Gasteiger partial charge in [-0.05, 0) is 25.8 Å². The van der Waals surface area contributed by atoms with Crippen molar-refractivity contribution in [1.29, 1.82) is 0 Å². The third kappa shape index (κ3) is 3.94. The normalized spacial score (nSPS) is 14.6. The highest BCUT2D eigenvalue weighted by molar-refractivity contribution is 5.79. The summed E-state index contributed by atoms with van der Waals surface area (Å²) in [5, 5.41) is 6.56. The molecule has 0 unspecified atom stereocenters. The van der Waals surface area contributed by atoms with Crippen LogP contribution in [0.5, 0.6) is 0 Å². The molecule has 1 aliphatic rings. The number of nitrogens with zero attached hydrogens (tertiary/aromatic N) is 3. The minimum absolute atomic E-state index is 0.113. The van der Waals surface area contributed by atoms with Gasteiger partial charge in [0, 0.05) is 37.0 Å². The number of benzene rings is 1. The third-order valence-corrected chi connectivity index (χ3v) is 5.09. The molecule has 2 aromatic heterocycles. The van der Waals surface area contributed by atoms with E-state index in [0.717, 1.165) is 35.6 Å². The van der Waals surface area contributed by atoms with E-state index in [4.69, 9.17) is 4.98 Å². The van der Waals surface area contributed by atoms with Gasteiger partial charge in [-0.2, -0.15) is 0 Å². The van der Waals surface area contributed by atoms with Crippen molar-refractivity contribution in [2.24, 2.45) is 0 Å². The van der Waals surface area contributed by atoms with Gasteiger partial charge in [0.1, 0.15) is 11.5 Å². The van der Waals surface area contributed by atoms with Gasteiger partial charge in [-0.25, -0.2) is 4.98 Å². The average Bonchev–Trinajstić information content (AvgIpc) is 3.30. The van der Waals surface area contributed by atoms with Crippen LogP contribution in [0, 0.1) is 6.92 Å². The largest absolute Gasteiger partial charge is 0.369 e. The monoisotopic (exact) mass is 363 g/mol. The summed E-state index contributed by atoms with van der Waals surface area (Å²) >= 11 is 0. The number of nitrogens with one attached hydrogen (secondary N) is 2. The molecule has 2 heterocycles. The summed E-state index contributed by atoms with van der Waals surface area (Å²) in [4.78, 5) is 21.1. The lowest BCUT2D eigenvalue weighted by Crippen LogP contribution is -2.33. The van der Waals surface area contributed by atoms with Crippen molar-refractivity contribution < 1.29 is 4.79 Å². The van der Waals surface area contributed by atoms with E-state index in [1.54, 1.807) is 12.4 Å². The Morgan fingerprint density at radius 3 is 2.96 bits per heavy atom. The van der Waals surface area contributed by atoms with Crippen molar-refractivity contribution in [2.45, 2.75) is 45.1 Å². The van der Waals surface area contributed by atoms with Crippen LogP contribution in [0.4, 0.5) is 5.82 Å². The average molecular weight is 363 g/mol. The number of hydrogen-bond donors (Lipinski definition) is 2. The summed E-state index contributed by atoms with van der Waals surface area (Å²) in [5.41, 5.74) is 3.90. The Kier molecular flexibility index (Phi) is 5.05. The van der Waals surface area contributed by atoms with Gasteiger partial charge in [0.05, 0.1) is 6.20 Å². The molecular formula is C21H25N5O. The van der Waals surface area contributed by atoms with E-state index in [0.29, 0.717) is 19.0 Å². The first-order chi connectivity index (χ1) is 13.2. The Morgan fingerprint density at radius 2 is 2.15 bits per heavy atom. The zero-order valence-corrected chi connectivity index (χ0v) is 15.6. The summed E-state index contributed by atoms with van der Waals surface area (Å²) in [6.45, 7) is 2.63. The number of imidazole rings is 1. The molecule has 1 fully saturated rings. The lowest BCUT2D eigenvalue weighted by atomic mass is 10.1. The highest BCUT2D eigenvalue weighted by Gasteiger charge is 2.18. The quantitative estimate of drug-likeness (QED) is 0.702. The van der Waals surface area contributed by atoms with Crippen LogP contribution in [0.25, 0.3) is 16.9 Å². The first-order valence-electron chi connectivity index (χ1n) is 9.63. The zero-order valence-electron chi connectivity index (χ0n) is 15.6. The van der Waals surface area contributed by atoms with Crippen LogP contribution in [0.2, 0.25) is 0 Å². The van der Waals surface area contributed by atoms with Gasteiger partial charge in [0.15, 0.2) is 5.65 Å². The van der Waals surface area contributed by atoms with E-state index in [1.165, 1.54) is 18.4 Å². The fraction of sp³-hybridized carbons (Fsp3) is 0.381. The van der Waals surface area contributed by atoms with Crippen LogP contribution in [0.3, 0.4) is 0 Å². The van der Waals surface area contributed by atoms with Crippen molar-refractivity contribution in [1.82, 2.24) is 19.7 Å². The molecule has 0 radical (unpaired) electrons. The Morgan fingerprint density at radius 1 is 1.30 bits per heavy atom. The zero-order chi connectivity index (χ0) is 18.6. The first kappa shape index (κ1) is 17.5. The van der Waals surface area contributed by atoms with Gasteiger partial charge in [-0.1, -0.05) is 36.6 Å². The molecular weight excluding hydrogens is 338 g/mol. The fourth-order valence-corrected chi connectivity index (χ4v) is 3.73. The Balaban J connectivity index is 1.51. The maximum absolute atomic E-state index is 12.2. The lowest BCUT2D eigenvalue weighted by Gasteiger charge is -2.13. The molecule has 1 aliphatic carbocycles. The maximum atomic E-state index is 12.2. The predicted octanol–water partition coefficient (Wildman–Crippen LogP) is 3.57. The summed E-state index contributed by atoms with van der Waals surface area (Å²) in [6, 6.07) is 8.64. The molecule has 1 amide bonds. The molecule has 27 heavy (non-hydrogen) atoms. The van der Waals surface area contributed by atoms with Gasteiger partial charge >= 0.3 is 0 Å². The molecule has 3 aromatic rings. The number of aryl methyl sites for hydroxylation is 1. The molecule has 0 aliphatic heterocycles. The van der Waals surface area contributed by atoms with E-state index in [9.17, 15) is 4.79 Å². The van der Waals surface area contributed by atoms with Crippen LogP contribution in [-0.2, 0) is 4.79 Å². The van der Waals surface area contributed by atoms with Gasteiger partial charge in [-0.15, -0.1) is 0 Å². The second kappa shape index (κ2) is 7.78. The smallest absolute Gasteiger partial charge is 0.221 e. The SMILES string of the molecule is Cc1cccc(-c2nc3cnccn3c2NCCC(=O)NC2CCCC2)c1. The molecule has 0 bridgehead atoms. The molecule has 0 atom stereocenters. The topological polar surface area (TPSA) is 71.3 Å². The standard InChI is InChI=1S/C21H25N5O/c1-15-5-4-6-16(13-15)20-21(26-12-11-22-14-18(26)25-20)23-10-9-19(27)24-17-7-2-3-8-17/h4-6,11-14,17,23H,2-3,7-10H2,1H3,(H,24,27). The van der Waals surface area contributed by atoms with Crippen molar-refractivity contribution >= 4 is 17.4 Å². The minimum Gasteiger partial charge on any atom is -0.369 e. The third-order valence-electron chi connectivity index (χ3n) is 5.09. The maximum Gasteiger partial charge on any atom is 0.221 e. The van der Waals surface area contributed by atoms with Crippen molar-refractivity contribution in [3.05, 3.63) is 48.4 Å². The molecule has 0 saturated heterocycles. The summed E-state index contributed by atoms with van der Waals surface area (Å²) in [7, 11) is 0. The predicted molar refractivity (Wildman–Crippen MR) is 107 cm³/mol.